The third-order valence-corrected chi connectivity index (χ3v) is 2.39. The average Bonchev–Trinajstić information content (AvgIpc) is 2.02. The van der Waals surface area contributed by atoms with Gasteiger partial charge in [-0.15, -0.1) is 0 Å². The van der Waals surface area contributed by atoms with Crippen molar-refractivity contribution >= 4 is 19.5 Å². The van der Waals surface area contributed by atoms with Crippen LogP contribution >= 0.6 is 0 Å². The Morgan fingerprint density at radius 3 is 2.25 bits per heavy atom. The molecule has 12 heavy (non-hydrogen) atoms. The third kappa shape index (κ3) is 3.55. The SMILES string of the molecule is O=[SeH](O)(O)C=Cc1ccccc1. The van der Waals surface area contributed by atoms with Gasteiger partial charge in [0.25, 0.3) is 0 Å². The van der Waals surface area contributed by atoms with Crippen LogP contribution in [0.25, 0.3) is 6.08 Å². The monoisotopic (exact) mass is 234 g/mol. The first-order chi connectivity index (χ1) is 5.58. The van der Waals surface area contributed by atoms with Gasteiger partial charge in [0.15, 0.2) is 0 Å². The molecule has 0 aliphatic carbocycles. The van der Waals surface area contributed by atoms with Crippen molar-refractivity contribution < 1.29 is 12.2 Å². The normalized spacial score (nSPS) is 13.5. The van der Waals surface area contributed by atoms with E-state index in [1.165, 1.54) is 6.08 Å². The van der Waals surface area contributed by atoms with Gasteiger partial charge in [-0.25, -0.2) is 0 Å². The molecule has 0 atom stereocenters. The van der Waals surface area contributed by atoms with Gasteiger partial charge in [0.05, 0.1) is 0 Å². The molecule has 0 aliphatic heterocycles. The molecule has 0 saturated carbocycles. The number of hydrogen-bond donors (Lipinski definition) is 2. The van der Waals surface area contributed by atoms with Crippen LogP contribution in [-0.2, 0) is 3.83 Å². The van der Waals surface area contributed by atoms with Crippen molar-refractivity contribution in [2.75, 3.05) is 0 Å². The Morgan fingerprint density at radius 2 is 1.75 bits per heavy atom. The summed E-state index contributed by atoms with van der Waals surface area (Å²) in [7, 11) is 0. The second-order valence-corrected chi connectivity index (χ2v) is 5.41. The van der Waals surface area contributed by atoms with Crippen molar-refractivity contribution in [3.8, 4) is 0 Å². The van der Waals surface area contributed by atoms with Crippen LogP contribution in [0, 0.1) is 0 Å². The fraction of sp³-hybridized carbons (Fsp3) is 0. The van der Waals surface area contributed by atoms with E-state index >= 15 is 0 Å². The first kappa shape index (κ1) is 9.29. The van der Waals surface area contributed by atoms with Crippen molar-refractivity contribution in [2.45, 2.75) is 0 Å². The Bertz CT molecular complexity index is 312. The molecule has 0 bridgehead atoms. The van der Waals surface area contributed by atoms with E-state index in [2.05, 4.69) is 0 Å². The topological polar surface area (TPSA) is 57.5 Å². The fourth-order valence-corrected chi connectivity index (χ4v) is 1.52. The molecule has 0 spiro atoms. The van der Waals surface area contributed by atoms with Gasteiger partial charge in [-0.05, 0) is 0 Å². The van der Waals surface area contributed by atoms with Crippen LogP contribution < -0.4 is 0 Å². The van der Waals surface area contributed by atoms with Crippen LogP contribution in [-0.4, -0.2) is 21.8 Å². The van der Waals surface area contributed by atoms with Gasteiger partial charge in [-0.2, -0.15) is 0 Å². The minimum atomic E-state index is -4.58. The summed E-state index contributed by atoms with van der Waals surface area (Å²) in [6.45, 7) is 0. The predicted molar refractivity (Wildman–Crippen MR) is 47.7 cm³/mol. The van der Waals surface area contributed by atoms with Gasteiger partial charge in [0, 0.05) is 0 Å². The molecule has 0 fully saturated rings. The summed E-state index contributed by atoms with van der Waals surface area (Å²) >= 11 is -4.58. The van der Waals surface area contributed by atoms with Gasteiger partial charge in [-0.1, -0.05) is 0 Å². The Morgan fingerprint density at radius 1 is 1.17 bits per heavy atom. The molecule has 1 rings (SSSR count). The second-order valence-electron chi connectivity index (χ2n) is 2.32. The zero-order chi connectivity index (χ0) is 9.03. The summed E-state index contributed by atoms with van der Waals surface area (Å²) < 4.78 is 27.6. The first-order valence-electron chi connectivity index (χ1n) is 3.37. The molecule has 2 N–H and O–H groups in total. The molecular formula is C8H10O3Se. The van der Waals surface area contributed by atoms with E-state index in [1.54, 1.807) is 12.1 Å². The van der Waals surface area contributed by atoms with Gasteiger partial charge >= 0.3 is 72.6 Å². The van der Waals surface area contributed by atoms with E-state index in [4.69, 9.17) is 8.38 Å². The van der Waals surface area contributed by atoms with Gasteiger partial charge in [0.2, 0.25) is 0 Å². The van der Waals surface area contributed by atoms with E-state index < -0.39 is 13.4 Å². The van der Waals surface area contributed by atoms with Gasteiger partial charge in [-0.3, -0.25) is 0 Å². The summed E-state index contributed by atoms with van der Waals surface area (Å²) in [5, 5.41) is 0. The second kappa shape index (κ2) is 3.74. The van der Waals surface area contributed by atoms with E-state index in [0.29, 0.717) is 0 Å². The van der Waals surface area contributed by atoms with Gasteiger partial charge < -0.3 is 0 Å². The maximum atomic E-state index is 10.5. The summed E-state index contributed by atoms with van der Waals surface area (Å²) in [5.74, 6) is 0. The van der Waals surface area contributed by atoms with Crippen LogP contribution in [0.2, 0.25) is 0 Å². The minimum absolute atomic E-state index is 0.794. The Balaban J connectivity index is 2.78. The summed E-state index contributed by atoms with van der Waals surface area (Å²) in [5.41, 5.74) is 0.794. The van der Waals surface area contributed by atoms with Crippen LogP contribution in [0.3, 0.4) is 0 Å². The molecular weight excluding hydrogens is 223 g/mol. The molecule has 3 nitrogen and oxygen atoms in total. The number of benzene rings is 1. The Hall–Kier alpha value is -0.801. The third-order valence-electron chi connectivity index (χ3n) is 1.26. The molecule has 0 unspecified atom stereocenters. The van der Waals surface area contributed by atoms with E-state index in [-0.39, 0.29) is 0 Å². The van der Waals surface area contributed by atoms with Crippen molar-refractivity contribution in [1.82, 2.24) is 0 Å². The van der Waals surface area contributed by atoms with Crippen molar-refractivity contribution in [3.05, 3.63) is 40.9 Å². The molecule has 0 amide bonds. The van der Waals surface area contributed by atoms with Crippen molar-refractivity contribution in [1.29, 1.82) is 0 Å². The first-order valence-corrected chi connectivity index (χ1v) is 6.90. The molecule has 0 aliphatic rings. The van der Waals surface area contributed by atoms with E-state index in [1.807, 2.05) is 18.2 Å². The molecule has 0 saturated heterocycles. The molecule has 0 radical (unpaired) electrons. The molecule has 66 valence electrons. The maximum absolute atomic E-state index is 10.5. The van der Waals surface area contributed by atoms with Crippen LogP contribution in [0.4, 0.5) is 0 Å². The molecule has 0 heterocycles. The zero-order valence-electron chi connectivity index (χ0n) is 6.29. The standard InChI is InChI=1S/C8H10O3Se/c9-12(10,11)7-6-8-4-2-1-3-5-8/h1-7,12H,(H2,9,10,11). The van der Waals surface area contributed by atoms with Crippen LogP contribution in [0.1, 0.15) is 5.56 Å². The number of rotatable bonds is 2. The fourth-order valence-electron chi connectivity index (χ4n) is 0.747. The van der Waals surface area contributed by atoms with Gasteiger partial charge in [0.1, 0.15) is 0 Å². The average molecular weight is 233 g/mol. The van der Waals surface area contributed by atoms with Crippen molar-refractivity contribution in [3.63, 3.8) is 0 Å². The van der Waals surface area contributed by atoms with Crippen molar-refractivity contribution in [2.24, 2.45) is 0 Å². The van der Waals surface area contributed by atoms with Crippen LogP contribution in [0.15, 0.2) is 35.3 Å². The predicted octanol–water partition coefficient (Wildman–Crippen LogP) is 0.325. The van der Waals surface area contributed by atoms with E-state index in [9.17, 15) is 3.83 Å². The van der Waals surface area contributed by atoms with Crippen LogP contribution in [0.5, 0.6) is 0 Å². The quantitative estimate of drug-likeness (QED) is 0.723. The number of hydrogen-bond acceptors (Lipinski definition) is 1. The summed E-state index contributed by atoms with van der Waals surface area (Å²) in [6.07, 6.45) is 1.43. The zero-order valence-corrected chi connectivity index (χ0v) is 8.17. The molecule has 1 aromatic carbocycles. The molecule has 0 aromatic heterocycles. The summed E-state index contributed by atoms with van der Waals surface area (Å²) in [4.78, 5) is 0.952. The summed E-state index contributed by atoms with van der Waals surface area (Å²) in [6, 6.07) is 9.03. The Labute approximate surface area is 73.1 Å². The van der Waals surface area contributed by atoms with E-state index in [0.717, 1.165) is 10.5 Å². The Kier molecular flexibility index (Phi) is 2.89. The molecule has 4 heteroatoms. The molecule has 1 aromatic rings.